The van der Waals surface area contributed by atoms with Crippen molar-refractivity contribution in [3.63, 3.8) is 0 Å². The molecule has 2 heterocycles. The Balaban J connectivity index is 2.19. The molecular formula is C9H8F3N3O3S. The lowest BCUT2D eigenvalue weighted by molar-refractivity contribution is -0.187. The minimum absolute atomic E-state index is 0.0723. The number of amides is 1. The van der Waals surface area contributed by atoms with E-state index in [0.717, 1.165) is 16.4 Å². The Bertz CT molecular complexity index is 491. The highest BCUT2D eigenvalue weighted by atomic mass is 32.1. The third kappa shape index (κ3) is 2.67. The Morgan fingerprint density at radius 3 is 2.53 bits per heavy atom. The highest BCUT2D eigenvalue weighted by Crippen LogP contribution is 2.38. The number of aliphatic carboxylic acids is 1. The summed E-state index contributed by atoms with van der Waals surface area (Å²) in [7, 11) is 0. The minimum atomic E-state index is -4.65. The number of hydrogen-bond donors (Lipinski definition) is 1. The van der Waals surface area contributed by atoms with E-state index in [1.54, 1.807) is 0 Å². The van der Waals surface area contributed by atoms with E-state index < -0.39 is 43.0 Å². The molecule has 0 saturated carbocycles. The van der Waals surface area contributed by atoms with Gasteiger partial charge in [-0.25, -0.2) is 0 Å². The van der Waals surface area contributed by atoms with Gasteiger partial charge in [0.2, 0.25) is 0 Å². The SMILES string of the molecule is O=C(O)[C@@H]1CN(C(=O)c2csnn2)C[C@H]1C(F)(F)F. The van der Waals surface area contributed by atoms with E-state index in [4.69, 9.17) is 5.11 Å². The summed E-state index contributed by atoms with van der Waals surface area (Å²) in [5.41, 5.74) is -0.0723. The van der Waals surface area contributed by atoms with Gasteiger partial charge in [0.15, 0.2) is 5.69 Å². The van der Waals surface area contributed by atoms with Crippen LogP contribution in [0.15, 0.2) is 5.38 Å². The summed E-state index contributed by atoms with van der Waals surface area (Å²) in [6, 6.07) is 0. The second kappa shape index (κ2) is 4.76. The van der Waals surface area contributed by atoms with Crippen LogP contribution in [0.2, 0.25) is 0 Å². The Morgan fingerprint density at radius 2 is 2.11 bits per heavy atom. The van der Waals surface area contributed by atoms with Crippen LogP contribution in [0, 0.1) is 11.8 Å². The molecular weight excluding hydrogens is 287 g/mol. The van der Waals surface area contributed by atoms with Crippen molar-refractivity contribution in [3.05, 3.63) is 11.1 Å². The van der Waals surface area contributed by atoms with Crippen molar-refractivity contribution in [2.75, 3.05) is 13.1 Å². The summed E-state index contributed by atoms with van der Waals surface area (Å²) < 4.78 is 41.6. The van der Waals surface area contributed by atoms with Gasteiger partial charge in [-0.15, -0.1) is 5.10 Å². The number of nitrogens with zero attached hydrogens (tertiary/aromatic N) is 3. The van der Waals surface area contributed by atoms with Crippen molar-refractivity contribution in [1.29, 1.82) is 0 Å². The first-order valence-electron chi connectivity index (χ1n) is 5.16. The fourth-order valence-corrected chi connectivity index (χ4v) is 2.40. The van der Waals surface area contributed by atoms with Crippen molar-refractivity contribution >= 4 is 23.4 Å². The van der Waals surface area contributed by atoms with Crippen LogP contribution in [0.4, 0.5) is 13.2 Å². The molecule has 104 valence electrons. The lowest BCUT2D eigenvalue weighted by Gasteiger charge is -2.17. The van der Waals surface area contributed by atoms with Gasteiger partial charge in [0.05, 0.1) is 11.8 Å². The second-order valence-corrected chi connectivity index (χ2v) is 4.70. The van der Waals surface area contributed by atoms with E-state index in [1.807, 2.05) is 0 Å². The maximum Gasteiger partial charge on any atom is 0.394 e. The molecule has 1 aliphatic heterocycles. The number of alkyl halides is 3. The quantitative estimate of drug-likeness (QED) is 0.875. The minimum Gasteiger partial charge on any atom is -0.481 e. The van der Waals surface area contributed by atoms with Crippen LogP contribution in [0.25, 0.3) is 0 Å². The topological polar surface area (TPSA) is 83.4 Å². The highest BCUT2D eigenvalue weighted by Gasteiger charge is 2.53. The molecule has 10 heteroatoms. The lowest BCUT2D eigenvalue weighted by atomic mass is 9.96. The van der Waals surface area contributed by atoms with Gasteiger partial charge in [0, 0.05) is 18.5 Å². The highest BCUT2D eigenvalue weighted by molar-refractivity contribution is 7.03. The van der Waals surface area contributed by atoms with Crippen molar-refractivity contribution in [2.24, 2.45) is 11.8 Å². The van der Waals surface area contributed by atoms with Crippen LogP contribution in [-0.4, -0.2) is 50.7 Å². The number of hydrogen-bond acceptors (Lipinski definition) is 5. The van der Waals surface area contributed by atoms with Crippen molar-refractivity contribution < 1.29 is 27.9 Å². The largest absolute Gasteiger partial charge is 0.481 e. The number of likely N-dealkylation sites (tertiary alicyclic amines) is 1. The molecule has 1 aromatic rings. The maximum atomic E-state index is 12.7. The third-order valence-corrected chi connectivity index (χ3v) is 3.43. The normalized spacial score (nSPS) is 23.6. The fraction of sp³-hybridized carbons (Fsp3) is 0.556. The molecule has 1 aromatic heterocycles. The zero-order chi connectivity index (χ0) is 14.2. The van der Waals surface area contributed by atoms with E-state index in [2.05, 4.69) is 9.59 Å². The second-order valence-electron chi connectivity index (χ2n) is 4.09. The standard InChI is InChI=1S/C9H8F3N3O3S/c10-9(11,12)5-2-15(1-4(5)8(17)18)7(16)6-3-19-14-13-6/h3-5H,1-2H2,(H,17,18)/t4-,5-/m1/s1. The van der Waals surface area contributed by atoms with Gasteiger partial charge in [0.25, 0.3) is 5.91 Å². The molecule has 2 atom stereocenters. The number of carboxylic acids is 1. The van der Waals surface area contributed by atoms with Gasteiger partial charge in [-0.3, -0.25) is 9.59 Å². The number of aromatic nitrogens is 2. The smallest absolute Gasteiger partial charge is 0.394 e. The molecule has 0 spiro atoms. The predicted molar refractivity (Wildman–Crippen MR) is 56.5 cm³/mol. The molecule has 1 N–H and O–H groups in total. The van der Waals surface area contributed by atoms with E-state index in [1.165, 1.54) is 5.38 Å². The molecule has 0 bridgehead atoms. The van der Waals surface area contributed by atoms with Crippen LogP contribution >= 0.6 is 11.5 Å². The molecule has 19 heavy (non-hydrogen) atoms. The Morgan fingerprint density at radius 1 is 1.42 bits per heavy atom. The van der Waals surface area contributed by atoms with Gasteiger partial charge >= 0.3 is 12.1 Å². The third-order valence-electron chi connectivity index (χ3n) is 2.92. The average Bonchev–Trinajstić information content (AvgIpc) is 2.96. The van der Waals surface area contributed by atoms with Crippen molar-refractivity contribution in [1.82, 2.24) is 14.5 Å². The maximum absolute atomic E-state index is 12.7. The van der Waals surface area contributed by atoms with E-state index in [-0.39, 0.29) is 5.69 Å². The van der Waals surface area contributed by atoms with Gasteiger partial charge in [-0.1, -0.05) is 4.49 Å². The van der Waals surface area contributed by atoms with E-state index >= 15 is 0 Å². The Kier molecular flexibility index (Phi) is 3.43. The van der Waals surface area contributed by atoms with Crippen LogP contribution in [0.3, 0.4) is 0 Å². The van der Waals surface area contributed by atoms with E-state index in [9.17, 15) is 22.8 Å². The molecule has 0 unspecified atom stereocenters. The summed E-state index contributed by atoms with van der Waals surface area (Å²) in [6.07, 6.45) is -4.65. The van der Waals surface area contributed by atoms with Gasteiger partial charge < -0.3 is 10.0 Å². The number of rotatable bonds is 2. The first-order valence-corrected chi connectivity index (χ1v) is 6.00. The molecule has 1 aliphatic rings. The molecule has 0 aliphatic carbocycles. The summed E-state index contributed by atoms with van der Waals surface area (Å²) in [6.45, 7) is -1.15. The molecule has 1 amide bonds. The molecule has 2 rings (SSSR count). The van der Waals surface area contributed by atoms with Gasteiger partial charge in [-0.05, 0) is 11.5 Å². The number of carboxylic acid groups (broad SMARTS) is 1. The van der Waals surface area contributed by atoms with E-state index in [0.29, 0.717) is 0 Å². The van der Waals surface area contributed by atoms with Crippen LogP contribution in [-0.2, 0) is 4.79 Å². The van der Waals surface area contributed by atoms with Gasteiger partial charge in [-0.2, -0.15) is 13.2 Å². The average molecular weight is 295 g/mol. The molecule has 0 aromatic carbocycles. The fourth-order valence-electron chi connectivity index (χ4n) is 1.97. The summed E-state index contributed by atoms with van der Waals surface area (Å²) in [4.78, 5) is 23.5. The van der Waals surface area contributed by atoms with Crippen LogP contribution in [0.1, 0.15) is 10.5 Å². The Labute approximate surface area is 109 Å². The molecule has 1 saturated heterocycles. The summed E-state index contributed by atoms with van der Waals surface area (Å²) in [5, 5.41) is 13.6. The number of halogens is 3. The first-order chi connectivity index (χ1) is 8.80. The van der Waals surface area contributed by atoms with Crippen molar-refractivity contribution in [2.45, 2.75) is 6.18 Å². The first kappa shape index (κ1) is 13.7. The van der Waals surface area contributed by atoms with Crippen molar-refractivity contribution in [3.8, 4) is 0 Å². The summed E-state index contributed by atoms with van der Waals surface area (Å²) >= 11 is 0.893. The molecule has 1 fully saturated rings. The molecule has 6 nitrogen and oxygen atoms in total. The Hall–Kier alpha value is -1.71. The molecule has 0 radical (unpaired) electrons. The zero-order valence-electron chi connectivity index (χ0n) is 9.29. The summed E-state index contributed by atoms with van der Waals surface area (Å²) in [5.74, 6) is -5.99. The zero-order valence-corrected chi connectivity index (χ0v) is 10.1. The number of carbonyl (C=O) groups excluding carboxylic acids is 1. The van der Waals surface area contributed by atoms with Gasteiger partial charge in [0.1, 0.15) is 0 Å². The lowest BCUT2D eigenvalue weighted by Crippen LogP contribution is -2.34. The number of carbonyl (C=O) groups is 2. The van der Waals surface area contributed by atoms with Crippen LogP contribution < -0.4 is 0 Å². The monoisotopic (exact) mass is 295 g/mol. The van der Waals surface area contributed by atoms with Crippen LogP contribution in [0.5, 0.6) is 0 Å². The predicted octanol–water partition coefficient (Wildman–Crippen LogP) is 0.873.